The van der Waals surface area contributed by atoms with Crippen LogP contribution in [0.15, 0.2) is 24.3 Å². The second-order valence-electron chi connectivity index (χ2n) is 2.53. The predicted octanol–water partition coefficient (Wildman–Crippen LogP) is 2.79. The van der Waals surface area contributed by atoms with Crippen LogP contribution in [0.2, 0.25) is 0 Å². The summed E-state index contributed by atoms with van der Waals surface area (Å²) in [5.74, 6) is 5.86. The Hall–Kier alpha value is -1.42. The number of para-hydroxylation sites is 1. The molecule has 0 fully saturated rings. The third kappa shape index (κ3) is 2.32. The van der Waals surface area contributed by atoms with Crippen LogP contribution in [0.5, 0.6) is 5.75 Å². The lowest BCUT2D eigenvalue weighted by Gasteiger charge is -1.96. The van der Waals surface area contributed by atoms with Crippen LogP contribution in [-0.4, -0.2) is 0 Å². The SMILES string of the molecule is CC#CCCc1ccccc1[O]. The van der Waals surface area contributed by atoms with Crippen molar-refractivity contribution in [2.45, 2.75) is 19.8 Å². The molecule has 0 saturated carbocycles. The standard InChI is InChI=1S/C11H11O/c1-2-3-4-7-10-8-5-6-9-11(10)12/h5-6,8-9H,4,7H2,1H3. The third-order valence-corrected chi connectivity index (χ3v) is 1.67. The fourth-order valence-corrected chi connectivity index (χ4v) is 1.03. The van der Waals surface area contributed by atoms with E-state index in [4.69, 9.17) is 0 Å². The van der Waals surface area contributed by atoms with Crippen molar-refractivity contribution in [2.24, 2.45) is 0 Å². The Morgan fingerprint density at radius 2 is 2.08 bits per heavy atom. The average Bonchev–Trinajstić information content (AvgIpc) is 2.09. The van der Waals surface area contributed by atoms with Crippen LogP contribution in [0.4, 0.5) is 0 Å². The lowest BCUT2D eigenvalue weighted by atomic mass is 10.1. The van der Waals surface area contributed by atoms with Crippen LogP contribution < -0.4 is 0 Å². The minimum absolute atomic E-state index is 0.121. The molecule has 1 rings (SSSR count). The molecule has 61 valence electrons. The number of benzene rings is 1. The summed E-state index contributed by atoms with van der Waals surface area (Å²) in [7, 11) is 0. The zero-order valence-corrected chi connectivity index (χ0v) is 7.13. The second kappa shape index (κ2) is 4.46. The first-order valence-electron chi connectivity index (χ1n) is 3.99. The van der Waals surface area contributed by atoms with Crippen LogP contribution in [0.1, 0.15) is 18.9 Å². The Kier molecular flexibility index (Phi) is 3.22. The van der Waals surface area contributed by atoms with Crippen molar-refractivity contribution in [1.82, 2.24) is 0 Å². The van der Waals surface area contributed by atoms with Gasteiger partial charge in [0.15, 0.2) is 5.75 Å². The average molecular weight is 159 g/mol. The summed E-state index contributed by atoms with van der Waals surface area (Å²) in [5, 5.41) is 11.2. The molecular formula is C11H11O. The van der Waals surface area contributed by atoms with Gasteiger partial charge in [0.2, 0.25) is 0 Å². The van der Waals surface area contributed by atoms with Crippen LogP contribution in [-0.2, 0) is 11.5 Å². The van der Waals surface area contributed by atoms with E-state index in [9.17, 15) is 5.11 Å². The van der Waals surface area contributed by atoms with E-state index in [2.05, 4.69) is 11.8 Å². The molecular weight excluding hydrogens is 148 g/mol. The number of hydrogen-bond acceptors (Lipinski definition) is 0. The molecule has 1 radical (unpaired) electrons. The zero-order valence-electron chi connectivity index (χ0n) is 7.13. The Balaban J connectivity index is 2.61. The van der Waals surface area contributed by atoms with Crippen molar-refractivity contribution in [3.8, 4) is 17.6 Å². The highest BCUT2D eigenvalue weighted by Gasteiger charge is 1.98. The van der Waals surface area contributed by atoms with Gasteiger partial charge in [0, 0.05) is 12.0 Å². The number of rotatable bonds is 2. The molecule has 1 nitrogen and oxygen atoms in total. The van der Waals surface area contributed by atoms with E-state index >= 15 is 0 Å². The first kappa shape index (κ1) is 8.67. The van der Waals surface area contributed by atoms with Crippen molar-refractivity contribution in [1.29, 1.82) is 0 Å². The fourth-order valence-electron chi connectivity index (χ4n) is 1.03. The van der Waals surface area contributed by atoms with Gasteiger partial charge >= 0.3 is 0 Å². The van der Waals surface area contributed by atoms with E-state index in [1.54, 1.807) is 12.1 Å². The van der Waals surface area contributed by atoms with Crippen LogP contribution in [0, 0.1) is 11.8 Å². The topological polar surface area (TPSA) is 19.9 Å². The van der Waals surface area contributed by atoms with Gasteiger partial charge in [-0.3, -0.25) is 5.11 Å². The highest BCUT2D eigenvalue weighted by Crippen LogP contribution is 2.17. The smallest absolute Gasteiger partial charge is 0.181 e. The second-order valence-corrected chi connectivity index (χ2v) is 2.53. The Bertz CT molecular complexity index is 304. The van der Waals surface area contributed by atoms with E-state index in [1.807, 2.05) is 19.1 Å². The molecule has 0 atom stereocenters. The van der Waals surface area contributed by atoms with Crippen molar-refractivity contribution in [3.05, 3.63) is 29.8 Å². The molecule has 1 aromatic rings. The number of hydrogen-bond donors (Lipinski definition) is 0. The largest absolute Gasteiger partial charge is 0.290 e. The first-order chi connectivity index (χ1) is 5.84. The molecule has 1 aromatic carbocycles. The summed E-state index contributed by atoms with van der Waals surface area (Å²) >= 11 is 0. The molecule has 0 N–H and O–H groups in total. The minimum Gasteiger partial charge on any atom is -0.290 e. The summed E-state index contributed by atoms with van der Waals surface area (Å²) < 4.78 is 0. The summed E-state index contributed by atoms with van der Waals surface area (Å²) in [4.78, 5) is 0. The normalized spacial score (nSPS) is 8.75. The molecule has 0 aliphatic rings. The Labute approximate surface area is 73.0 Å². The van der Waals surface area contributed by atoms with Crippen LogP contribution in [0.3, 0.4) is 0 Å². The molecule has 0 aliphatic carbocycles. The first-order valence-corrected chi connectivity index (χ1v) is 3.99. The number of aryl methyl sites for hydroxylation is 1. The molecule has 12 heavy (non-hydrogen) atoms. The lowest BCUT2D eigenvalue weighted by Crippen LogP contribution is -1.82. The lowest BCUT2D eigenvalue weighted by molar-refractivity contribution is 0.350. The van der Waals surface area contributed by atoms with Gasteiger partial charge < -0.3 is 0 Å². The van der Waals surface area contributed by atoms with Gasteiger partial charge in [0.25, 0.3) is 0 Å². The van der Waals surface area contributed by atoms with E-state index in [1.165, 1.54) is 0 Å². The maximum Gasteiger partial charge on any atom is 0.181 e. The molecule has 0 spiro atoms. The maximum absolute atomic E-state index is 11.2. The summed E-state index contributed by atoms with van der Waals surface area (Å²) in [6.45, 7) is 1.81. The van der Waals surface area contributed by atoms with Crippen molar-refractivity contribution in [3.63, 3.8) is 0 Å². The summed E-state index contributed by atoms with van der Waals surface area (Å²) in [6, 6.07) is 7.10. The molecule has 0 amide bonds. The quantitative estimate of drug-likeness (QED) is 0.591. The van der Waals surface area contributed by atoms with E-state index in [0.29, 0.717) is 0 Å². The third-order valence-electron chi connectivity index (χ3n) is 1.67. The van der Waals surface area contributed by atoms with Gasteiger partial charge in [0.05, 0.1) is 0 Å². The molecule has 0 heterocycles. The molecule has 1 heteroatoms. The van der Waals surface area contributed by atoms with Crippen LogP contribution >= 0.6 is 0 Å². The van der Waals surface area contributed by atoms with Crippen molar-refractivity contribution in [2.75, 3.05) is 0 Å². The van der Waals surface area contributed by atoms with Gasteiger partial charge in [-0.05, 0) is 19.4 Å². The molecule has 0 unspecified atom stereocenters. The Morgan fingerprint density at radius 3 is 2.75 bits per heavy atom. The van der Waals surface area contributed by atoms with E-state index in [0.717, 1.165) is 18.4 Å². The molecule has 0 aromatic heterocycles. The fraction of sp³-hybridized carbons (Fsp3) is 0.273. The van der Waals surface area contributed by atoms with Gasteiger partial charge in [-0.1, -0.05) is 18.2 Å². The predicted molar refractivity (Wildman–Crippen MR) is 48.3 cm³/mol. The van der Waals surface area contributed by atoms with Crippen molar-refractivity contribution >= 4 is 0 Å². The van der Waals surface area contributed by atoms with E-state index < -0.39 is 0 Å². The highest BCUT2D eigenvalue weighted by atomic mass is 16.3. The van der Waals surface area contributed by atoms with Gasteiger partial charge in [0.1, 0.15) is 0 Å². The molecule has 0 bridgehead atoms. The molecule has 0 saturated heterocycles. The zero-order chi connectivity index (χ0) is 8.81. The van der Waals surface area contributed by atoms with Gasteiger partial charge in [-0.15, -0.1) is 11.8 Å². The molecule has 0 aliphatic heterocycles. The summed E-state index contributed by atoms with van der Waals surface area (Å²) in [6.07, 6.45) is 1.54. The minimum atomic E-state index is 0.121. The monoisotopic (exact) mass is 159 g/mol. The van der Waals surface area contributed by atoms with Crippen molar-refractivity contribution < 1.29 is 5.11 Å². The highest BCUT2D eigenvalue weighted by molar-refractivity contribution is 5.31. The van der Waals surface area contributed by atoms with E-state index in [-0.39, 0.29) is 5.75 Å². The summed E-state index contributed by atoms with van der Waals surface area (Å²) in [5.41, 5.74) is 0.861. The maximum atomic E-state index is 11.2. The Morgan fingerprint density at radius 1 is 1.33 bits per heavy atom. The van der Waals surface area contributed by atoms with Gasteiger partial charge in [-0.25, -0.2) is 0 Å². The van der Waals surface area contributed by atoms with Gasteiger partial charge in [-0.2, -0.15) is 0 Å². The van der Waals surface area contributed by atoms with Crippen LogP contribution in [0.25, 0.3) is 0 Å².